The van der Waals surface area contributed by atoms with E-state index < -0.39 is 5.60 Å². The second-order valence-electron chi connectivity index (χ2n) is 5.65. The van der Waals surface area contributed by atoms with Crippen molar-refractivity contribution in [3.63, 3.8) is 0 Å². The Kier molecular flexibility index (Phi) is 3.63. The van der Waals surface area contributed by atoms with E-state index in [0.29, 0.717) is 5.56 Å². The molecule has 22 heavy (non-hydrogen) atoms. The average Bonchev–Trinajstić information content (AvgIpc) is 2.54. The van der Waals surface area contributed by atoms with Crippen molar-refractivity contribution in [2.75, 3.05) is 0 Å². The lowest BCUT2D eigenvalue weighted by Crippen LogP contribution is -2.27. The van der Waals surface area contributed by atoms with Gasteiger partial charge in [-0.2, -0.15) is 0 Å². The van der Waals surface area contributed by atoms with E-state index in [2.05, 4.69) is 4.98 Å². The van der Waals surface area contributed by atoms with Gasteiger partial charge in [0.15, 0.2) is 0 Å². The summed E-state index contributed by atoms with van der Waals surface area (Å²) < 4.78 is 5.72. The molecule has 0 fully saturated rings. The van der Waals surface area contributed by atoms with Crippen LogP contribution in [0.25, 0.3) is 10.8 Å². The largest absolute Gasteiger partial charge is 0.450 e. The Balaban J connectivity index is 1.97. The molecule has 0 bridgehead atoms. The van der Waals surface area contributed by atoms with Crippen molar-refractivity contribution in [3.05, 3.63) is 78.1 Å². The van der Waals surface area contributed by atoms with Crippen LogP contribution < -0.4 is 0 Å². The van der Waals surface area contributed by atoms with Gasteiger partial charge in [0.2, 0.25) is 0 Å². The van der Waals surface area contributed by atoms with E-state index in [1.165, 1.54) is 0 Å². The molecule has 2 aromatic carbocycles. The highest BCUT2D eigenvalue weighted by atomic mass is 16.6. The Morgan fingerprint density at radius 3 is 2.41 bits per heavy atom. The minimum atomic E-state index is -0.812. The molecular weight excluding hydrogens is 274 g/mol. The Labute approximate surface area is 129 Å². The van der Waals surface area contributed by atoms with Gasteiger partial charge in [0.05, 0.1) is 11.3 Å². The molecule has 0 aliphatic rings. The summed E-state index contributed by atoms with van der Waals surface area (Å²) in [5, 5.41) is 2.08. The van der Waals surface area contributed by atoms with Crippen LogP contribution in [0.5, 0.6) is 0 Å². The molecule has 3 aromatic rings. The number of aromatic nitrogens is 1. The molecular formula is C19H17NO2. The molecule has 0 saturated carbocycles. The molecule has 0 unspecified atom stereocenters. The minimum absolute atomic E-state index is 0.347. The number of carbonyl (C=O) groups excluding carboxylic acids is 1. The van der Waals surface area contributed by atoms with Crippen LogP contribution in [0.3, 0.4) is 0 Å². The zero-order chi connectivity index (χ0) is 15.6. The van der Waals surface area contributed by atoms with Crippen molar-refractivity contribution in [3.8, 4) is 0 Å². The standard InChI is InChI=1S/C19H17NO2/c1-19(2,22-18(21)15-9-4-3-5-10-15)17-16-11-7-6-8-14(16)12-13-20-17/h3-13H,1-2H3. The number of nitrogens with zero attached hydrogens (tertiary/aromatic N) is 1. The van der Waals surface area contributed by atoms with E-state index >= 15 is 0 Å². The van der Waals surface area contributed by atoms with Crippen molar-refractivity contribution >= 4 is 16.7 Å². The number of pyridine rings is 1. The molecule has 0 saturated heterocycles. The summed E-state index contributed by atoms with van der Waals surface area (Å²) >= 11 is 0. The summed E-state index contributed by atoms with van der Waals surface area (Å²) in [5.74, 6) is -0.347. The molecule has 0 N–H and O–H groups in total. The fraction of sp³-hybridized carbons (Fsp3) is 0.158. The number of ether oxygens (including phenoxy) is 1. The summed E-state index contributed by atoms with van der Waals surface area (Å²) in [6.45, 7) is 3.73. The van der Waals surface area contributed by atoms with Gasteiger partial charge in [-0.05, 0) is 37.4 Å². The van der Waals surface area contributed by atoms with Crippen LogP contribution in [-0.2, 0) is 10.3 Å². The zero-order valence-corrected chi connectivity index (χ0v) is 12.6. The molecule has 3 nitrogen and oxygen atoms in total. The number of esters is 1. The van der Waals surface area contributed by atoms with Crippen molar-refractivity contribution in [1.82, 2.24) is 4.98 Å². The van der Waals surface area contributed by atoms with Crippen LogP contribution in [0.1, 0.15) is 29.9 Å². The van der Waals surface area contributed by atoms with Gasteiger partial charge in [0.1, 0.15) is 5.60 Å². The Bertz CT molecular complexity index is 805. The molecule has 0 atom stereocenters. The molecule has 110 valence electrons. The second-order valence-corrected chi connectivity index (χ2v) is 5.65. The Hall–Kier alpha value is -2.68. The van der Waals surface area contributed by atoms with E-state index in [0.717, 1.165) is 16.5 Å². The van der Waals surface area contributed by atoms with Crippen LogP contribution >= 0.6 is 0 Å². The van der Waals surface area contributed by atoms with E-state index in [9.17, 15) is 4.79 Å². The number of carbonyl (C=O) groups is 1. The number of benzene rings is 2. The maximum Gasteiger partial charge on any atom is 0.339 e. The average molecular weight is 291 g/mol. The lowest BCUT2D eigenvalue weighted by Gasteiger charge is -2.25. The van der Waals surface area contributed by atoms with Gasteiger partial charge >= 0.3 is 5.97 Å². The molecule has 0 spiro atoms. The minimum Gasteiger partial charge on any atom is -0.450 e. The van der Waals surface area contributed by atoms with Crippen molar-refractivity contribution in [2.24, 2.45) is 0 Å². The van der Waals surface area contributed by atoms with Crippen molar-refractivity contribution < 1.29 is 9.53 Å². The normalized spacial score (nSPS) is 11.4. The smallest absolute Gasteiger partial charge is 0.339 e. The summed E-state index contributed by atoms with van der Waals surface area (Å²) in [6, 6.07) is 18.9. The number of rotatable bonds is 3. The van der Waals surface area contributed by atoms with Crippen LogP contribution in [0.4, 0.5) is 0 Å². The number of hydrogen-bond acceptors (Lipinski definition) is 3. The summed E-state index contributed by atoms with van der Waals surface area (Å²) in [7, 11) is 0. The molecule has 3 heteroatoms. The molecule has 3 rings (SSSR count). The third kappa shape index (κ3) is 2.70. The highest BCUT2D eigenvalue weighted by Crippen LogP contribution is 2.30. The van der Waals surface area contributed by atoms with Gasteiger partial charge in [-0.1, -0.05) is 42.5 Å². The second kappa shape index (κ2) is 5.60. The number of fused-ring (bicyclic) bond motifs is 1. The topological polar surface area (TPSA) is 39.2 Å². The lowest BCUT2D eigenvalue weighted by atomic mass is 9.98. The highest BCUT2D eigenvalue weighted by Gasteiger charge is 2.29. The van der Waals surface area contributed by atoms with Crippen molar-refractivity contribution in [2.45, 2.75) is 19.4 Å². The first-order chi connectivity index (χ1) is 10.6. The highest BCUT2D eigenvalue weighted by molar-refractivity contribution is 5.90. The Morgan fingerprint density at radius 2 is 1.64 bits per heavy atom. The third-order valence-corrected chi connectivity index (χ3v) is 3.60. The first-order valence-corrected chi connectivity index (χ1v) is 7.20. The zero-order valence-electron chi connectivity index (χ0n) is 12.6. The Morgan fingerprint density at radius 1 is 0.955 bits per heavy atom. The molecule has 0 aliphatic carbocycles. The molecule has 0 aliphatic heterocycles. The van der Waals surface area contributed by atoms with Gasteiger partial charge in [-0.3, -0.25) is 4.98 Å². The summed E-state index contributed by atoms with van der Waals surface area (Å²) in [5.41, 5.74) is 0.485. The molecule has 0 amide bonds. The molecule has 1 heterocycles. The van der Waals surface area contributed by atoms with E-state index in [4.69, 9.17) is 4.74 Å². The van der Waals surface area contributed by atoms with Crippen LogP contribution in [0, 0.1) is 0 Å². The van der Waals surface area contributed by atoms with Gasteiger partial charge in [-0.25, -0.2) is 4.79 Å². The first kappa shape index (κ1) is 14.3. The van der Waals surface area contributed by atoms with E-state index in [1.54, 1.807) is 18.3 Å². The van der Waals surface area contributed by atoms with Crippen LogP contribution in [0.15, 0.2) is 66.9 Å². The molecule has 0 radical (unpaired) electrons. The maximum atomic E-state index is 12.3. The van der Waals surface area contributed by atoms with Gasteiger partial charge in [0.25, 0.3) is 0 Å². The first-order valence-electron chi connectivity index (χ1n) is 7.20. The summed E-state index contributed by atoms with van der Waals surface area (Å²) in [6.07, 6.45) is 1.75. The maximum absolute atomic E-state index is 12.3. The fourth-order valence-electron chi connectivity index (χ4n) is 2.51. The van der Waals surface area contributed by atoms with Crippen LogP contribution in [0.2, 0.25) is 0 Å². The SMILES string of the molecule is CC(C)(OC(=O)c1ccccc1)c1nccc2ccccc12. The van der Waals surface area contributed by atoms with Gasteiger partial charge in [-0.15, -0.1) is 0 Å². The summed E-state index contributed by atoms with van der Waals surface area (Å²) in [4.78, 5) is 16.8. The van der Waals surface area contributed by atoms with Gasteiger partial charge in [0, 0.05) is 11.6 Å². The predicted octanol–water partition coefficient (Wildman–Crippen LogP) is 4.33. The van der Waals surface area contributed by atoms with Crippen LogP contribution in [-0.4, -0.2) is 11.0 Å². The van der Waals surface area contributed by atoms with E-state index in [-0.39, 0.29) is 5.97 Å². The fourth-order valence-corrected chi connectivity index (χ4v) is 2.51. The quantitative estimate of drug-likeness (QED) is 0.674. The number of hydrogen-bond donors (Lipinski definition) is 0. The van der Waals surface area contributed by atoms with Gasteiger partial charge < -0.3 is 4.74 Å². The monoisotopic (exact) mass is 291 g/mol. The lowest BCUT2D eigenvalue weighted by molar-refractivity contribution is -0.00427. The van der Waals surface area contributed by atoms with E-state index in [1.807, 2.05) is 62.4 Å². The molecule has 1 aromatic heterocycles. The third-order valence-electron chi connectivity index (χ3n) is 3.60. The van der Waals surface area contributed by atoms with Crippen molar-refractivity contribution in [1.29, 1.82) is 0 Å². The predicted molar refractivity (Wildman–Crippen MR) is 86.6 cm³/mol.